The number of amides is 2. The van der Waals surface area contributed by atoms with E-state index < -0.39 is 0 Å². The molecule has 0 aliphatic carbocycles. The van der Waals surface area contributed by atoms with Crippen molar-refractivity contribution < 1.29 is 14.3 Å². The van der Waals surface area contributed by atoms with Gasteiger partial charge >= 0.3 is 0 Å². The van der Waals surface area contributed by atoms with Gasteiger partial charge in [0.2, 0.25) is 5.91 Å². The molecule has 1 aromatic rings. The minimum Gasteiger partial charge on any atom is -0.383 e. The maximum absolute atomic E-state index is 12.4. The smallest absolute Gasteiger partial charge is 0.253 e. The maximum Gasteiger partial charge on any atom is 0.253 e. The van der Waals surface area contributed by atoms with Crippen LogP contribution < -0.4 is 10.6 Å². The second-order valence-electron chi connectivity index (χ2n) is 5.65. The lowest BCUT2D eigenvalue weighted by Crippen LogP contribution is -2.35. The van der Waals surface area contributed by atoms with Crippen LogP contribution in [0.4, 0.5) is 5.69 Å². The molecule has 6 nitrogen and oxygen atoms in total. The molecule has 2 amide bonds. The third-order valence-corrected chi connectivity index (χ3v) is 3.83. The van der Waals surface area contributed by atoms with E-state index in [2.05, 4.69) is 10.6 Å². The van der Waals surface area contributed by atoms with Gasteiger partial charge in [0.1, 0.15) is 0 Å². The zero-order valence-electron chi connectivity index (χ0n) is 13.6. The third kappa shape index (κ3) is 5.65. The number of nitrogens with one attached hydrogen (secondary N) is 2. The molecule has 2 rings (SSSR count). The van der Waals surface area contributed by atoms with Gasteiger partial charge in [-0.05, 0) is 43.5 Å². The lowest BCUT2D eigenvalue weighted by Gasteiger charge is -2.26. The molecule has 2 N–H and O–H groups in total. The predicted molar refractivity (Wildman–Crippen MR) is 89.6 cm³/mol. The van der Waals surface area contributed by atoms with Gasteiger partial charge in [-0.25, -0.2) is 0 Å². The summed E-state index contributed by atoms with van der Waals surface area (Å²) >= 11 is 0. The molecule has 0 atom stereocenters. The number of benzene rings is 1. The van der Waals surface area contributed by atoms with Gasteiger partial charge in [0.25, 0.3) is 5.91 Å². The Kier molecular flexibility index (Phi) is 7.03. The van der Waals surface area contributed by atoms with Crippen LogP contribution in [0.3, 0.4) is 0 Å². The predicted octanol–water partition coefficient (Wildman–Crippen LogP) is 1.49. The van der Waals surface area contributed by atoms with Crippen LogP contribution in [-0.2, 0) is 9.53 Å². The SMILES string of the molecule is COCCNCC(=O)Nc1ccc(C(=O)N2CCCCC2)cc1. The van der Waals surface area contributed by atoms with Gasteiger partial charge in [-0.3, -0.25) is 9.59 Å². The second kappa shape index (κ2) is 9.27. The number of rotatable bonds is 7. The van der Waals surface area contributed by atoms with Crippen molar-refractivity contribution >= 4 is 17.5 Å². The van der Waals surface area contributed by atoms with Crippen LogP contribution in [0.2, 0.25) is 0 Å². The standard InChI is InChI=1S/C17H25N3O3/c1-23-12-9-18-13-16(21)19-15-7-5-14(6-8-15)17(22)20-10-3-2-4-11-20/h5-8,18H,2-4,9-13H2,1H3,(H,19,21). The van der Waals surface area contributed by atoms with Crippen LogP contribution in [0, 0.1) is 0 Å². The summed E-state index contributed by atoms with van der Waals surface area (Å²) < 4.78 is 4.90. The van der Waals surface area contributed by atoms with E-state index in [0.29, 0.717) is 24.4 Å². The van der Waals surface area contributed by atoms with Gasteiger partial charge in [-0.1, -0.05) is 0 Å². The summed E-state index contributed by atoms with van der Waals surface area (Å²) in [6.45, 7) is 3.11. The highest BCUT2D eigenvalue weighted by molar-refractivity contribution is 5.96. The van der Waals surface area contributed by atoms with Crippen LogP contribution in [0.1, 0.15) is 29.6 Å². The molecule has 1 aromatic carbocycles. The lowest BCUT2D eigenvalue weighted by molar-refractivity contribution is -0.115. The molecule has 0 radical (unpaired) electrons. The van der Waals surface area contributed by atoms with Gasteiger partial charge in [-0.15, -0.1) is 0 Å². The fourth-order valence-corrected chi connectivity index (χ4v) is 2.56. The molecule has 0 unspecified atom stereocenters. The number of carbonyl (C=O) groups excluding carboxylic acids is 2. The summed E-state index contributed by atoms with van der Waals surface area (Å²) in [4.78, 5) is 26.0. The summed E-state index contributed by atoms with van der Waals surface area (Å²) in [6.07, 6.45) is 3.36. The molecular formula is C17H25N3O3. The van der Waals surface area contributed by atoms with Crippen LogP contribution >= 0.6 is 0 Å². The highest BCUT2D eigenvalue weighted by atomic mass is 16.5. The Balaban J connectivity index is 1.81. The number of methoxy groups -OCH3 is 1. The monoisotopic (exact) mass is 319 g/mol. The van der Waals surface area contributed by atoms with Crippen LogP contribution in [0.5, 0.6) is 0 Å². The number of ether oxygens (including phenoxy) is 1. The minimum absolute atomic E-state index is 0.0730. The number of piperidine rings is 1. The average Bonchev–Trinajstić information content (AvgIpc) is 2.59. The molecule has 0 bridgehead atoms. The van der Waals surface area contributed by atoms with E-state index in [0.717, 1.165) is 25.9 Å². The Morgan fingerprint density at radius 2 is 1.83 bits per heavy atom. The Hall–Kier alpha value is -1.92. The van der Waals surface area contributed by atoms with E-state index in [4.69, 9.17) is 4.74 Å². The number of hydrogen-bond donors (Lipinski definition) is 2. The molecule has 0 spiro atoms. The van der Waals surface area contributed by atoms with Gasteiger partial charge in [-0.2, -0.15) is 0 Å². The van der Waals surface area contributed by atoms with Gasteiger partial charge in [0.15, 0.2) is 0 Å². The first-order valence-electron chi connectivity index (χ1n) is 8.09. The van der Waals surface area contributed by atoms with Crippen LogP contribution in [-0.4, -0.2) is 56.6 Å². The molecule has 1 aliphatic rings. The molecular weight excluding hydrogens is 294 g/mol. The summed E-state index contributed by atoms with van der Waals surface area (Å²) in [7, 11) is 1.62. The highest BCUT2D eigenvalue weighted by Crippen LogP contribution is 2.15. The summed E-state index contributed by atoms with van der Waals surface area (Å²) in [5.41, 5.74) is 1.36. The van der Waals surface area contributed by atoms with Crippen molar-refractivity contribution in [2.75, 3.05) is 45.2 Å². The molecule has 0 aromatic heterocycles. The zero-order valence-corrected chi connectivity index (χ0v) is 13.6. The number of anilines is 1. The Bertz CT molecular complexity index is 510. The quantitative estimate of drug-likeness (QED) is 0.747. The van der Waals surface area contributed by atoms with E-state index in [1.54, 1.807) is 31.4 Å². The normalized spacial score (nSPS) is 14.6. The Morgan fingerprint density at radius 3 is 2.48 bits per heavy atom. The van der Waals surface area contributed by atoms with E-state index >= 15 is 0 Å². The summed E-state index contributed by atoms with van der Waals surface area (Å²) in [5.74, 6) is -0.0416. The summed E-state index contributed by atoms with van der Waals surface area (Å²) in [6, 6.07) is 7.07. The number of likely N-dealkylation sites (tertiary alicyclic amines) is 1. The second-order valence-corrected chi connectivity index (χ2v) is 5.65. The Labute approximate surface area is 137 Å². The molecule has 1 aliphatic heterocycles. The molecule has 1 saturated heterocycles. The van der Waals surface area contributed by atoms with Crippen molar-refractivity contribution in [3.05, 3.63) is 29.8 Å². The fraction of sp³-hybridized carbons (Fsp3) is 0.529. The van der Waals surface area contributed by atoms with Crippen molar-refractivity contribution in [2.24, 2.45) is 0 Å². The maximum atomic E-state index is 12.4. The molecule has 1 heterocycles. The molecule has 23 heavy (non-hydrogen) atoms. The minimum atomic E-state index is -0.115. The molecule has 1 fully saturated rings. The highest BCUT2D eigenvalue weighted by Gasteiger charge is 2.17. The molecule has 6 heteroatoms. The van der Waals surface area contributed by atoms with E-state index in [9.17, 15) is 9.59 Å². The van der Waals surface area contributed by atoms with Crippen LogP contribution in [0.25, 0.3) is 0 Å². The number of hydrogen-bond acceptors (Lipinski definition) is 4. The zero-order chi connectivity index (χ0) is 16.5. The number of carbonyl (C=O) groups is 2. The molecule has 126 valence electrons. The average molecular weight is 319 g/mol. The van der Waals surface area contributed by atoms with Crippen LogP contribution in [0.15, 0.2) is 24.3 Å². The van der Waals surface area contributed by atoms with Gasteiger partial charge < -0.3 is 20.3 Å². The molecule has 0 saturated carbocycles. The van der Waals surface area contributed by atoms with E-state index in [-0.39, 0.29) is 18.4 Å². The number of nitrogens with zero attached hydrogens (tertiary/aromatic N) is 1. The topological polar surface area (TPSA) is 70.7 Å². The van der Waals surface area contributed by atoms with Crippen molar-refractivity contribution in [1.82, 2.24) is 10.2 Å². The Morgan fingerprint density at radius 1 is 1.13 bits per heavy atom. The van der Waals surface area contributed by atoms with E-state index in [1.165, 1.54) is 6.42 Å². The van der Waals surface area contributed by atoms with Crippen molar-refractivity contribution in [1.29, 1.82) is 0 Å². The first kappa shape index (κ1) is 17.4. The van der Waals surface area contributed by atoms with Gasteiger partial charge in [0, 0.05) is 38.0 Å². The van der Waals surface area contributed by atoms with Crippen molar-refractivity contribution in [3.63, 3.8) is 0 Å². The van der Waals surface area contributed by atoms with Crippen molar-refractivity contribution in [3.8, 4) is 0 Å². The first-order chi connectivity index (χ1) is 11.2. The van der Waals surface area contributed by atoms with Crippen molar-refractivity contribution in [2.45, 2.75) is 19.3 Å². The largest absolute Gasteiger partial charge is 0.383 e. The third-order valence-electron chi connectivity index (χ3n) is 3.83. The lowest BCUT2D eigenvalue weighted by atomic mass is 10.1. The first-order valence-corrected chi connectivity index (χ1v) is 8.09. The van der Waals surface area contributed by atoms with E-state index in [1.807, 2.05) is 4.90 Å². The summed E-state index contributed by atoms with van der Waals surface area (Å²) in [5, 5.41) is 5.78. The fourth-order valence-electron chi connectivity index (χ4n) is 2.56. The van der Waals surface area contributed by atoms with Gasteiger partial charge in [0.05, 0.1) is 13.2 Å².